The molecule has 0 spiro atoms. The van der Waals surface area contributed by atoms with Gasteiger partial charge in [0.25, 0.3) is 0 Å². The van der Waals surface area contributed by atoms with Crippen molar-refractivity contribution in [2.75, 3.05) is 19.6 Å². The van der Waals surface area contributed by atoms with Crippen molar-refractivity contribution < 1.29 is 0 Å². The Morgan fingerprint density at radius 2 is 1.73 bits per heavy atom. The molecule has 1 heterocycles. The molecule has 2 atom stereocenters. The van der Waals surface area contributed by atoms with Gasteiger partial charge in [0.1, 0.15) is 0 Å². The number of hydrogen-bond donors (Lipinski definition) is 1. The molecule has 1 aliphatic rings. The van der Waals surface area contributed by atoms with E-state index in [0.29, 0.717) is 12.1 Å². The van der Waals surface area contributed by atoms with Crippen LogP contribution in [0.3, 0.4) is 0 Å². The summed E-state index contributed by atoms with van der Waals surface area (Å²) in [6.45, 7) is 5.72. The van der Waals surface area contributed by atoms with Gasteiger partial charge in [0.15, 0.2) is 0 Å². The van der Waals surface area contributed by atoms with Gasteiger partial charge in [-0.3, -0.25) is 4.90 Å². The van der Waals surface area contributed by atoms with E-state index in [1.807, 2.05) is 0 Å². The fourth-order valence-electron chi connectivity index (χ4n) is 3.46. The fraction of sp³-hybridized carbons (Fsp3) is 0.400. The molecule has 0 radical (unpaired) electrons. The fourth-order valence-corrected chi connectivity index (χ4v) is 3.46. The van der Waals surface area contributed by atoms with Crippen LogP contribution in [0.1, 0.15) is 30.5 Å². The van der Waals surface area contributed by atoms with Crippen LogP contribution >= 0.6 is 0 Å². The smallest absolute Gasteiger partial charge is 0.0323 e. The summed E-state index contributed by atoms with van der Waals surface area (Å²) in [6.07, 6.45) is 2.34. The minimum absolute atomic E-state index is 0.467. The van der Waals surface area contributed by atoms with E-state index in [9.17, 15) is 0 Å². The monoisotopic (exact) mass is 294 g/mol. The summed E-state index contributed by atoms with van der Waals surface area (Å²) in [5.41, 5.74) is 2.85. The zero-order valence-electron chi connectivity index (χ0n) is 13.4. The summed E-state index contributed by atoms with van der Waals surface area (Å²) < 4.78 is 0. The number of nitrogens with zero attached hydrogens (tertiary/aromatic N) is 1. The summed E-state index contributed by atoms with van der Waals surface area (Å²) in [5, 5.41) is 3.61. The Labute approximate surface area is 134 Å². The van der Waals surface area contributed by atoms with Gasteiger partial charge < -0.3 is 5.32 Å². The molecular formula is C20H26N2. The second kappa shape index (κ2) is 7.57. The Hall–Kier alpha value is -1.64. The first kappa shape index (κ1) is 15.3. The molecule has 0 aliphatic carbocycles. The molecule has 1 aliphatic heterocycles. The topological polar surface area (TPSA) is 15.3 Å². The van der Waals surface area contributed by atoms with E-state index in [0.717, 1.165) is 19.5 Å². The molecule has 0 bridgehead atoms. The highest BCUT2D eigenvalue weighted by atomic mass is 15.2. The van der Waals surface area contributed by atoms with Gasteiger partial charge in [0.05, 0.1) is 0 Å². The van der Waals surface area contributed by atoms with Crippen LogP contribution < -0.4 is 5.32 Å². The van der Waals surface area contributed by atoms with E-state index in [4.69, 9.17) is 0 Å². The minimum atomic E-state index is 0.467. The third kappa shape index (κ3) is 3.76. The predicted octanol–water partition coefficient (Wildman–Crippen LogP) is 3.65. The molecule has 2 aromatic rings. The van der Waals surface area contributed by atoms with Crippen LogP contribution in [0.4, 0.5) is 0 Å². The maximum absolute atomic E-state index is 3.61. The molecule has 3 rings (SSSR count). The third-order valence-corrected chi connectivity index (χ3v) is 4.71. The Kier molecular flexibility index (Phi) is 5.25. The minimum Gasteiger partial charge on any atom is -0.315 e. The summed E-state index contributed by atoms with van der Waals surface area (Å²) in [5.74, 6) is 0. The Bertz CT molecular complexity index is 552. The van der Waals surface area contributed by atoms with Crippen LogP contribution in [0.2, 0.25) is 0 Å². The van der Waals surface area contributed by atoms with Crippen molar-refractivity contribution in [1.29, 1.82) is 0 Å². The van der Waals surface area contributed by atoms with E-state index >= 15 is 0 Å². The van der Waals surface area contributed by atoms with E-state index in [1.54, 1.807) is 0 Å². The highest BCUT2D eigenvalue weighted by Gasteiger charge is 2.26. The molecule has 116 valence electrons. The molecule has 1 saturated heterocycles. The first-order chi connectivity index (χ1) is 10.8. The number of rotatable bonds is 4. The first-order valence-corrected chi connectivity index (χ1v) is 8.40. The predicted molar refractivity (Wildman–Crippen MR) is 93.0 cm³/mol. The van der Waals surface area contributed by atoms with Gasteiger partial charge in [0, 0.05) is 25.2 Å². The van der Waals surface area contributed by atoms with Crippen LogP contribution in [-0.4, -0.2) is 30.6 Å². The molecule has 2 unspecified atom stereocenters. The van der Waals surface area contributed by atoms with Crippen molar-refractivity contribution in [2.45, 2.75) is 31.8 Å². The first-order valence-electron chi connectivity index (χ1n) is 8.40. The molecule has 2 heteroatoms. The van der Waals surface area contributed by atoms with Crippen molar-refractivity contribution in [3.05, 3.63) is 71.8 Å². The summed E-state index contributed by atoms with van der Waals surface area (Å²) in [4.78, 5) is 2.68. The van der Waals surface area contributed by atoms with E-state index < -0.39 is 0 Å². The molecular weight excluding hydrogens is 268 g/mol. The average Bonchev–Trinajstić information content (AvgIpc) is 2.81. The van der Waals surface area contributed by atoms with E-state index in [2.05, 4.69) is 77.8 Å². The molecule has 2 nitrogen and oxygen atoms in total. The lowest BCUT2D eigenvalue weighted by Gasteiger charge is -2.35. The molecule has 2 aromatic carbocycles. The second-order valence-corrected chi connectivity index (χ2v) is 6.23. The molecule has 0 aromatic heterocycles. The van der Waals surface area contributed by atoms with Gasteiger partial charge in [-0.1, -0.05) is 60.7 Å². The number of nitrogens with one attached hydrogen (secondary N) is 1. The zero-order chi connectivity index (χ0) is 15.2. The highest BCUT2D eigenvalue weighted by Crippen LogP contribution is 2.25. The average molecular weight is 294 g/mol. The largest absolute Gasteiger partial charge is 0.315 e. The van der Waals surface area contributed by atoms with Crippen molar-refractivity contribution >= 4 is 0 Å². The van der Waals surface area contributed by atoms with Gasteiger partial charge in [-0.15, -0.1) is 0 Å². The Morgan fingerprint density at radius 3 is 2.45 bits per heavy atom. The lowest BCUT2D eigenvalue weighted by Crippen LogP contribution is -2.42. The number of benzene rings is 2. The van der Waals surface area contributed by atoms with Crippen molar-refractivity contribution in [3.63, 3.8) is 0 Å². The van der Waals surface area contributed by atoms with Crippen LogP contribution in [0, 0.1) is 0 Å². The maximum atomic E-state index is 3.61. The van der Waals surface area contributed by atoms with Gasteiger partial charge in [0.2, 0.25) is 0 Å². The zero-order valence-corrected chi connectivity index (χ0v) is 13.4. The molecule has 22 heavy (non-hydrogen) atoms. The molecule has 1 N–H and O–H groups in total. The van der Waals surface area contributed by atoms with Crippen LogP contribution in [0.25, 0.3) is 0 Å². The Morgan fingerprint density at radius 1 is 1.05 bits per heavy atom. The van der Waals surface area contributed by atoms with Crippen LogP contribution in [-0.2, 0) is 6.42 Å². The van der Waals surface area contributed by atoms with Crippen LogP contribution in [0.5, 0.6) is 0 Å². The van der Waals surface area contributed by atoms with Crippen molar-refractivity contribution in [3.8, 4) is 0 Å². The quantitative estimate of drug-likeness (QED) is 0.926. The summed E-state index contributed by atoms with van der Waals surface area (Å²) in [6, 6.07) is 22.8. The third-order valence-electron chi connectivity index (χ3n) is 4.71. The maximum Gasteiger partial charge on any atom is 0.0323 e. The Balaban J connectivity index is 1.78. The second-order valence-electron chi connectivity index (χ2n) is 6.23. The van der Waals surface area contributed by atoms with Gasteiger partial charge in [-0.2, -0.15) is 0 Å². The standard InChI is InChI=1S/C20H26N2/c1-17(19-11-6-3-7-12-19)22-14-8-13-21-16-20(22)15-18-9-4-2-5-10-18/h2-7,9-12,17,20-21H,8,13-16H2,1H3. The SMILES string of the molecule is CC(c1ccccc1)N1CCCNCC1Cc1ccccc1. The summed E-state index contributed by atoms with van der Waals surface area (Å²) >= 11 is 0. The van der Waals surface area contributed by atoms with E-state index in [-0.39, 0.29) is 0 Å². The lowest BCUT2D eigenvalue weighted by molar-refractivity contribution is 0.153. The van der Waals surface area contributed by atoms with E-state index in [1.165, 1.54) is 24.1 Å². The van der Waals surface area contributed by atoms with Gasteiger partial charge in [-0.05, 0) is 37.4 Å². The molecule has 1 fully saturated rings. The molecule has 0 saturated carbocycles. The lowest BCUT2D eigenvalue weighted by atomic mass is 10.00. The van der Waals surface area contributed by atoms with Crippen molar-refractivity contribution in [1.82, 2.24) is 10.2 Å². The van der Waals surface area contributed by atoms with Gasteiger partial charge in [-0.25, -0.2) is 0 Å². The summed E-state index contributed by atoms with van der Waals surface area (Å²) in [7, 11) is 0. The van der Waals surface area contributed by atoms with Crippen molar-refractivity contribution in [2.24, 2.45) is 0 Å². The van der Waals surface area contributed by atoms with Crippen LogP contribution in [0.15, 0.2) is 60.7 Å². The normalized spacial score (nSPS) is 21.2. The van der Waals surface area contributed by atoms with Gasteiger partial charge >= 0.3 is 0 Å². The highest BCUT2D eigenvalue weighted by molar-refractivity contribution is 5.20. The number of hydrogen-bond acceptors (Lipinski definition) is 2. The molecule has 0 amide bonds.